The minimum absolute atomic E-state index is 0.219. The summed E-state index contributed by atoms with van der Waals surface area (Å²) in [7, 11) is 0. The first kappa shape index (κ1) is 18.3. The van der Waals surface area contributed by atoms with Crippen molar-refractivity contribution in [3.8, 4) is 0 Å². The number of esters is 1. The lowest BCUT2D eigenvalue weighted by atomic mass is 9.93. The molecule has 1 unspecified atom stereocenters. The summed E-state index contributed by atoms with van der Waals surface area (Å²) in [5.41, 5.74) is 2.54. The summed E-state index contributed by atoms with van der Waals surface area (Å²) in [6.07, 6.45) is 2.70. The molecule has 24 heavy (non-hydrogen) atoms. The molecule has 0 amide bonds. The zero-order valence-corrected chi connectivity index (χ0v) is 15.2. The molecule has 2 nitrogen and oxygen atoms in total. The Kier molecular flexibility index (Phi) is 6.19. The molecule has 0 heterocycles. The molecule has 0 bridgehead atoms. The Morgan fingerprint density at radius 3 is 2.33 bits per heavy atom. The molecule has 128 valence electrons. The largest absolute Gasteiger partial charge is 0.456 e. The van der Waals surface area contributed by atoms with Gasteiger partial charge in [-0.05, 0) is 56.2 Å². The van der Waals surface area contributed by atoms with E-state index >= 15 is 0 Å². The van der Waals surface area contributed by atoms with Crippen LogP contribution in [0.1, 0.15) is 67.9 Å². The summed E-state index contributed by atoms with van der Waals surface area (Å²) in [6.45, 7) is 8.25. The first-order chi connectivity index (χ1) is 11.4. The Morgan fingerprint density at radius 2 is 1.67 bits per heavy atom. The van der Waals surface area contributed by atoms with E-state index in [1.165, 1.54) is 5.56 Å². The van der Waals surface area contributed by atoms with Gasteiger partial charge in [-0.1, -0.05) is 62.4 Å². The topological polar surface area (TPSA) is 26.3 Å². The van der Waals surface area contributed by atoms with Crippen LogP contribution in [0.2, 0.25) is 0 Å². The molecule has 0 N–H and O–H groups in total. The highest BCUT2D eigenvalue weighted by Crippen LogP contribution is 2.26. The van der Waals surface area contributed by atoms with Crippen molar-refractivity contribution in [1.82, 2.24) is 0 Å². The minimum Gasteiger partial charge on any atom is -0.456 e. The third-order valence-electron chi connectivity index (χ3n) is 4.55. The Morgan fingerprint density at radius 1 is 1.04 bits per heavy atom. The molecule has 0 spiro atoms. The molecule has 0 aliphatic heterocycles. The fourth-order valence-corrected chi connectivity index (χ4v) is 2.78. The molecule has 0 saturated carbocycles. The van der Waals surface area contributed by atoms with Crippen molar-refractivity contribution in [3.05, 3.63) is 71.3 Å². The fourth-order valence-electron chi connectivity index (χ4n) is 2.78. The third kappa shape index (κ3) is 4.95. The van der Waals surface area contributed by atoms with Gasteiger partial charge in [0.1, 0.15) is 5.60 Å². The van der Waals surface area contributed by atoms with Crippen molar-refractivity contribution in [3.63, 3.8) is 0 Å². The second kappa shape index (κ2) is 8.14. The van der Waals surface area contributed by atoms with E-state index in [-0.39, 0.29) is 5.97 Å². The van der Waals surface area contributed by atoms with Crippen LogP contribution in [0.5, 0.6) is 0 Å². The van der Waals surface area contributed by atoms with Gasteiger partial charge in [0.25, 0.3) is 0 Å². The molecule has 0 saturated heterocycles. The van der Waals surface area contributed by atoms with Gasteiger partial charge in [0.15, 0.2) is 0 Å². The highest BCUT2D eigenvalue weighted by Gasteiger charge is 2.25. The first-order valence-electron chi connectivity index (χ1n) is 8.79. The molecule has 2 aromatic carbocycles. The maximum absolute atomic E-state index is 12.7. The van der Waals surface area contributed by atoms with E-state index in [4.69, 9.17) is 4.74 Å². The number of hydrogen-bond donors (Lipinski definition) is 0. The standard InChI is InChI=1S/C22H28O2/c1-5-17(2)19-13-9-10-14-20(19)21(23)24-22(3,4)16-15-18-11-7-6-8-12-18/h6-14,17H,5,15-16H2,1-4H3. The van der Waals surface area contributed by atoms with Crippen LogP contribution < -0.4 is 0 Å². The highest BCUT2D eigenvalue weighted by molar-refractivity contribution is 5.91. The average molecular weight is 324 g/mol. The molecular weight excluding hydrogens is 296 g/mol. The van der Waals surface area contributed by atoms with E-state index in [1.54, 1.807) is 0 Å². The van der Waals surface area contributed by atoms with E-state index in [9.17, 15) is 4.79 Å². The number of hydrogen-bond acceptors (Lipinski definition) is 2. The average Bonchev–Trinajstić information content (AvgIpc) is 2.60. The number of benzene rings is 2. The van der Waals surface area contributed by atoms with E-state index < -0.39 is 5.60 Å². The van der Waals surface area contributed by atoms with Crippen LogP contribution in [0.4, 0.5) is 0 Å². The zero-order chi connectivity index (χ0) is 17.6. The maximum Gasteiger partial charge on any atom is 0.338 e. The molecule has 0 radical (unpaired) electrons. The summed E-state index contributed by atoms with van der Waals surface area (Å²) in [5, 5.41) is 0. The second-order valence-electron chi connectivity index (χ2n) is 7.03. The maximum atomic E-state index is 12.7. The van der Waals surface area contributed by atoms with Gasteiger partial charge >= 0.3 is 5.97 Å². The van der Waals surface area contributed by atoms with Crippen LogP contribution >= 0.6 is 0 Å². The Labute approximate surface area is 145 Å². The molecule has 0 fully saturated rings. The van der Waals surface area contributed by atoms with E-state index in [0.29, 0.717) is 11.5 Å². The summed E-state index contributed by atoms with van der Waals surface area (Å²) in [4.78, 5) is 12.7. The Hall–Kier alpha value is -2.09. The predicted molar refractivity (Wildman–Crippen MR) is 99.4 cm³/mol. The van der Waals surface area contributed by atoms with Crippen LogP contribution in [0.15, 0.2) is 54.6 Å². The summed E-state index contributed by atoms with van der Waals surface area (Å²) in [6, 6.07) is 18.1. The van der Waals surface area contributed by atoms with Gasteiger partial charge in [-0.2, -0.15) is 0 Å². The molecule has 2 aromatic rings. The molecule has 1 atom stereocenters. The zero-order valence-electron chi connectivity index (χ0n) is 15.2. The number of ether oxygens (including phenoxy) is 1. The highest BCUT2D eigenvalue weighted by atomic mass is 16.6. The van der Waals surface area contributed by atoms with Crippen molar-refractivity contribution in [2.75, 3.05) is 0 Å². The number of rotatable bonds is 7. The molecular formula is C22H28O2. The van der Waals surface area contributed by atoms with Crippen molar-refractivity contribution in [1.29, 1.82) is 0 Å². The molecule has 2 heteroatoms. The van der Waals surface area contributed by atoms with Crippen molar-refractivity contribution in [2.24, 2.45) is 0 Å². The van der Waals surface area contributed by atoms with Crippen molar-refractivity contribution < 1.29 is 9.53 Å². The number of carbonyl (C=O) groups is 1. The minimum atomic E-state index is -0.491. The smallest absolute Gasteiger partial charge is 0.338 e. The van der Waals surface area contributed by atoms with Gasteiger partial charge in [0.05, 0.1) is 5.56 Å². The van der Waals surface area contributed by atoms with Crippen LogP contribution in [0, 0.1) is 0 Å². The van der Waals surface area contributed by atoms with Gasteiger partial charge in [-0.25, -0.2) is 4.79 Å². The summed E-state index contributed by atoms with van der Waals surface area (Å²) >= 11 is 0. The van der Waals surface area contributed by atoms with Gasteiger partial charge < -0.3 is 4.74 Å². The van der Waals surface area contributed by atoms with Crippen LogP contribution in [-0.4, -0.2) is 11.6 Å². The quantitative estimate of drug-likeness (QED) is 0.604. The molecule has 0 aliphatic carbocycles. The van der Waals surface area contributed by atoms with E-state index in [0.717, 1.165) is 24.8 Å². The summed E-state index contributed by atoms with van der Waals surface area (Å²) in [5.74, 6) is 0.130. The van der Waals surface area contributed by atoms with Gasteiger partial charge in [-0.3, -0.25) is 0 Å². The fraction of sp³-hybridized carbons (Fsp3) is 0.409. The normalized spacial score (nSPS) is 12.7. The summed E-state index contributed by atoms with van der Waals surface area (Å²) < 4.78 is 5.84. The van der Waals surface area contributed by atoms with E-state index in [1.807, 2.05) is 56.3 Å². The van der Waals surface area contributed by atoms with Crippen LogP contribution in [-0.2, 0) is 11.2 Å². The lowest BCUT2D eigenvalue weighted by molar-refractivity contribution is -0.00449. The molecule has 2 rings (SSSR count). The van der Waals surface area contributed by atoms with E-state index in [2.05, 4.69) is 26.0 Å². The number of aryl methyl sites for hydroxylation is 1. The molecule has 0 aromatic heterocycles. The lowest BCUT2D eigenvalue weighted by Crippen LogP contribution is -2.29. The van der Waals surface area contributed by atoms with Gasteiger partial charge in [0.2, 0.25) is 0 Å². The third-order valence-corrected chi connectivity index (χ3v) is 4.55. The van der Waals surface area contributed by atoms with Crippen LogP contribution in [0.25, 0.3) is 0 Å². The van der Waals surface area contributed by atoms with Crippen LogP contribution in [0.3, 0.4) is 0 Å². The number of carbonyl (C=O) groups excluding carboxylic acids is 1. The first-order valence-corrected chi connectivity index (χ1v) is 8.79. The monoisotopic (exact) mass is 324 g/mol. The van der Waals surface area contributed by atoms with Crippen molar-refractivity contribution >= 4 is 5.97 Å². The van der Waals surface area contributed by atoms with Gasteiger partial charge in [-0.15, -0.1) is 0 Å². The van der Waals surface area contributed by atoms with Crippen molar-refractivity contribution in [2.45, 2.75) is 58.5 Å². The predicted octanol–water partition coefficient (Wildman–Crippen LogP) is 5.77. The second-order valence-corrected chi connectivity index (χ2v) is 7.03. The SMILES string of the molecule is CCC(C)c1ccccc1C(=O)OC(C)(C)CCc1ccccc1. The Bertz CT molecular complexity index is 659. The Balaban J connectivity index is 2.05. The van der Waals surface area contributed by atoms with Gasteiger partial charge in [0, 0.05) is 0 Å². The molecule has 0 aliphatic rings. The lowest BCUT2D eigenvalue weighted by Gasteiger charge is -2.26.